The van der Waals surface area contributed by atoms with Gasteiger partial charge in [-0.2, -0.15) is 0 Å². The second-order valence-corrected chi connectivity index (χ2v) is 11.0. The molecule has 2 aromatic heterocycles. The highest BCUT2D eigenvalue weighted by atomic mass is 79.9. The fourth-order valence-electron chi connectivity index (χ4n) is 4.08. The summed E-state index contributed by atoms with van der Waals surface area (Å²) in [7, 11) is -3.77. The number of hydrogen-bond acceptors (Lipinski definition) is 6. The average molecular weight is 541 g/mol. The number of rotatable bonds is 5. The number of aliphatic hydroxyl groups excluding tert-OH is 1. The van der Waals surface area contributed by atoms with Gasteiger partial charge < -0.3 is 10.0 Å². The van der Waals surface area contributed by atoms with Gasteiger partial charge in [0.1, 0.15) is 10.1 Å². The summed E-state index contributed by atoms with van der Waals surface area (Å²) >= 11 is 3.33. The molecule has 1 saturated heterocycles. The minimum Gasteiger partial charge on any atom is -0.389 e. The van der Waals surface area contributed by atoms with Gasteiger partial charge in [0.25, 0.3) is 5.91 Å². The van der Waals surface area contributed by atoms with Crippen LogP contribution in [0.4, 0.5) is 0 Å². The minimum atomic E-state index is -3.77. The highest BCUT2D eigenvalue weighted by molar-refractivity contribution is 9.10. The van der Waals surface area contributed by atoms with Gasteiger partial charge in [0.2, 0.25) is 10.0 Å². The van der Waals surface area contributed by atoms with E-state index in [1.54, 1.807) is 41.3 Å². The highest BCUT2D eigenvalue weighted by Gasteiger charge is 2.30. The summed E-state index contributed by atoms with van der Waals surface area (Å²) < 4.78 is 28.3. The van der Waals surface area contributed by atoms with Crippen LogP contribution in [0.1, 0.15) is 21.5 Å². The van der Waals surface area contributed by atoms with Crippen LogP contribution >= 0.6 is 15.9 Å². The van der Waals surface area contributed by atoms with E-state index in [9.17, 15) is 18.3 Å². The number of likely N-dealkylation sites (tertiary alicyclic amines) is 1. The second-order valence-electron chi connectivity index (χ2n) is 8.34. The third-order valence-electron chi connectivity index (χ3n) is 5.84. The van der Waals surface area contributed by atoms with Crippen LogP contribution in [-0.4, -0.2) is 57.5 Å². The summed E-state index contributed by atoms with van der Waals surface area (Å²) in [6, 6.07) is 14.3. The molecule has 1 fully saturated rings. The number of carbonyl (C=O) groups excluding carboxylic acids is 1. The lowest BCUT2D eigenvalue weighted by Crippen LogP contribution is -2.53. The number of nitrogens with zero attached hydrogens (tertiary/aromatic N) is 4. The van der Waals surface area contributed by atoms with Crippen LogP contribution < -0.4 is 0 Å². The number of aryl methyl sites for hydroxylation is 1. The van der Waals surface area contributed by atoms with Crippen LogP contribution in [0.5, 0.6) is 0 Å². The molecule has 0 spiro atoms. The molecule has 5 rings (SSSR count). The van der Waals surface area contributed by atoms with E-state index < -0.39 is 16.1 Å². The van der Waals surface area contributed by atoms with Gasteiger partial charge in [0.15, 0.2) is 5.65 Å². The highest BCUT2D eigenvalue weighted by Crippen LogP contribution is 2.32. The van der Waals surface area contributed by atoms with Crippen molar-refractivity contribution in [3.05, 3.63) is 82.2 Å². The van der Waals surface area contributed by atoms with E-state index in [0.717, 1.165) is 11.1 Å². The molecule has 1 amide bonds. The van der Waals surface area contributed by atoms with Crippen LogP contribution in [0.15, 0.2) is 65.5 Å². The molecule has 1 aliphatic rings. The lowest BCUT2D eigenvalue weighted by atomic mass is 9.99. The quantitative estimate of drug-likeness (QED) is 0.416. The maximum Gasteiger partial charge on any atom is 0.254 e. The van der Waals surface area contributed by atoms with E-state index in [1.165, 1.54) is 16.4 Å². The summed E-state index contributed by atoms with van der Waals surface area (Å²) in [6.45, 7) is 2.49. The van der Waals surface area contributed by atoms with Crippen LogP contribution in [0.3, 0.4) is 0 Å². The summed E-state index contributed by atoms with van der Waals surface area (Å²) in [6.07, 6.45) is 2.54. The number of β-amino-alcohol motifs (C(OH)–C–C–N with tert-alkyl or cyclic N) is 1. The van der Waals surface area contributed by atoms with E-state index in [1.807, 2.05) is 19.1 Å². The molecule has 0 bridgehead atoms. The zero-order chi connectivity index (χ0) is 24.0. The number of hydrogen-bond donors (Lipinski definition) is 1. The standard InChI is InChI=1S/C24H21BrN4O4S/c1-15-9-17(7-8-19(15)24(31)28-11-18(30)12-28)20-13-29(23-22(20)27-21(25)10-26-23)34(32,33)14-16-5-3-2-4-6-16/h2-10,13,18,30H,11-12,14H2,1H3. The van der Waals surface area contributed by atoms with Crippen molar-refractivity contribution in [3.8, 4) is 11.1 Å². The molecule has 8 nitrogen and oxygen atoms in total. The molecule has 1 N–H and O–H groups in total. The number of aliphatic hydroxyl groups is 1. The maximum absolute atomic E-state index is 13.3. The molecule has 174 valence electrons. The molecule has 2 aromatic carbocycles. The number of amides is 1. The average Bonchev–Trinajstić information content (AvgIpc) is 3.16. The summed E-state index contributed by atoms with van der Waals surface area (Å²) in [5.41, 5.74) is 3.97. The Kier molecular flexibility index (Phi) is 5.75. The van der Waals surface area contributed by atoms with Crippen molar-refractivity contribution < 1.29 is 18.3 Å². The Balaban J connectivity index is 1.57. The lowest BCUT2D eigenvalue weighted by molar-refractivity contribution is 0.00584. The number of carbonyl (C=O) groups is 1. The van der Waals surface area contributed by atoms with E-state index in [4.69, 9.17) is 0 Å². The van der Waals surface area contributed by atoms with Crippen LogP contribution in [0.25, 0.3) is 22.3 Å². The van der Waals surface area contributed by atoms with Gasteiger partial charge in [-0.15, -0.1) is 0 Å². The van der Waals surface area contributed by atoms with Gasteiger partial charge in [-0.1, -0.05) is 42.5 Å². The first kappa shape index (κ1) is 22.7. The van der Waals surface area contributed by atoms with Crippen molar-refractivity contribution in [1.29, 1.82) is 0 Å². The van der Waals surface area contributed by atoms with E-state index in [2.05, 4.69) is 25.9 Å². The number of fused-ring (bicyclic) bond motifs is 1. The first-order valence-electron chi connectivity index (χ1n) is 10.6. The fourth-order valence-corrected chi connectivity index (χ4v) is 5.78. The smallest absolute Gasteiger partial charge is 0.254 e. The van der Waals surface area contributed by atoms with Crippen molar-refractivity contribution in [2.75, 3.05) is 13.1 Å². The molecule has 0 unspecified atom stereocenters. The van der Waals surface area contributed by atoms with Gasteiger partial charge in [0, 0.05) is 30.4 Å². The molecule has 10 heteroatoms. The van der Waals surface area contributed by atoms with Crippen molar-refractivity contribution in [3.63, 3.8) is 0 Å². The molecule has 0 radical (unpaired) electrons. The molecule has 0 saturated carbocycles. The summed E-state index contributed by atoms with van der Waals surface area (Å²) in [4.78, 5) is 23.2. The van der Waals surface area contributed by atoms with Gasteiger partial charge in [-0.25, -0.2) is 22.4 Å². The van der Waals surface area contributed by atoms with Gasteiger partial charge >= 0.3 is 0 Å². The predicted molar refractivity (Wildman–Crippen MR) is 132 cm³/mol. The minimum absolute atomic E-state index is 0.134. The SMILES string of the molecule is Cc1cc(-c2cn(S(=O)(=O)Cc3ccccc3)c3ncc(Br)nc23)ccc1C(=O)N1CC(O)C1. The van der Waals surface area contributed by atoms with Crippen LogP contribution in [0.2, 0.25) is 0 Å². The molecular weight excluding hydrogens is 520 g/mol. The van der Waals surface area contributed by atoms with E-state index >= 15 is 0 Å². The third-order valence-corrected chi connectivity index (χ3v) is 7.80. The monoisotopic (exact) mass is 540 g/mol. The first-order chi connectivity index (χ1) is 16.2. The van der Waals surface area contributed by atoms with E-state index in [0.29, 0.717) is 39.9 Å². The largest absolute Gasteiger partial charge is 0.389 e. The zero-order valence-corrected chi connectivity index (χ0v) is 20.6. The van der Waals surface area contributed by atoms with Gasteiger partial charge in [-0.05, 0) is 45.6 Å². The number of aromatic nitrogens is 3. The normalized spacial score (nSPS) is 14.4. The molecule has 3 heterocycles. The molecule has 1 aliphatic heterocycles. The summed E-state index contributed by atoms with van der Waals surface area (Å²) in [5, 5.41) is 9.50. The Hall–Kier alpha value is -3.08. The Bertz CT molecular complexity index is 1510. The Morgan fingerprint density at radius 1 is 1.18 bits per heavy atom. The fraction of sp³-hybridized carbons (Fsp3) is 0.208. The number of halogens is 1. The Morgan fingerprint density at radius 2 is 1.91 bits per heavy atom. The van der Waals surface area contributed by atoms with Gasteiger partial charge in [-0.3, -0.25) is 4.79 Å². The Labute approximate surface area is 205 Å². The van der Waals surface area contributed by atoms with Crippen molar-refractivity contribution in [2.24, 2.45) is 0 Å². The predicted octanol–water partition coefficient (Wildman–Crippen LogP) is 3.36. The summed E-state index contributed by atoms with van der Waals surface area (Å²) in [5.74, 6) is -0.312. The molecule has 0 atom stereocenters. The molecular formula is C24H21BrN4O4S. The first-order valence-corrected chi connectivity index (χ1v) is 13.0. The maximum atomic E-state index is 13.3. The third kappa shape index (κ3) is 4.13. The molecule has 4 aromatic rings. The Morgan fingerprint density at radius 3 is 2.59 bits per heavy atom. The second kappa shape index (κ2) is 8.61. The zero-order valence-electron chi connectivity index (χ0n) is 18.2. The topological polar surface area (TPSA) is 105 Å². The van der Waals surface area contributed by atoms with Crippen molar-refractivity contribution >= 4 is 43.0 Å². The number of benzene rings is 2. The van der Waals surface area contributed by atoms with Crippen LogP contribution in [0, 0.1) is 6.92 Å². The van der Waals surface area contributed by atoms with E-state index in [-0.39, 0.29) is 17.3 Å². The molecule has 0 aliphatic carbocycles. The van der Waals surface area contributed by atoms with Gasteiger partial charge in [0.05, 0.1) is 18.1 Å². The molecule has 34 heavy (non-hydrogen) atoms. The van der Waals surface area contributed by atoms with Crippen molar-refractivity contribution in [2.45, 2.75) is 18.8 Å². The van der Waals surface area contributed by atoms with Crippen molar-refractivity contribution in [1.82, 2.24) is 18.8 Å². The van der Waals surface area contributed by atoms with Crippen LogP contribution in [-0.2, 0) is 15.8 Å². The lowest BCUT2D eigenvalue weighted by Gasteiger charge is -2.36.